The Bertz CT molecular complexity index is 1220. The first kappa shape index (κ1) is 25.5. The highest BCUT2D eigenvalue weighted by Crippen LogP contribution is 2.44. The first-order valence-electron chi connectivity index (χ1n) is 10.9. The topological polar surface area (TPSA) is 119 Å². The van der Waals surface area contributed by atoms with E-state index in [4.69, 9.17) is 16.2 Å². The molecule has 4 atom stereocenters. The Morgan fingerprint density at radius 1 is 1.09 bits per heavy atom. The molecule has 5 N–H and O–H groups in total. The van der Waals surface area contributed by atoms with Crippen molar-refractivity contribution in [2.45, 2.75) is 55.9 Å². The fourth-order valence-corrected chi connectivity index (χ4v) is 5.17. The summed E-state index contributed by atoms with van der Waals surface area (Å²) in [5.41, 5.74) is 9.26. The van der Waals surface area contributed by atoms with E-state index in [0.717, 1.165) is 0 Å². The highest BCUT2D eigenvalue weighted by atomic mass is 19.4. The summed E-state index contributed by atoms with van der Waals surface area (Å²) in [5.74, 6) is -5.15. The minimum Gasteiger partial charge on any atom is -0.497 e. The summed E-state index contributed by atoms with van der Waals surface area (Å²) in [5, 5.41) is -0.310. The van der Waals surface area contributed by atoms with Crippen LogP contribution in [-0.4, -0.2) is 65.3 Å². The number of aromatic nitrogens is 2. The molecule has 4 unspecified atom stereocenters. The largest absolute Gasteiger partial charge is 0.497 e. The Balaban J connectivity index is 1.77. The van der Waals surface area contributed by atoms with Crippen LogP contribution in [0.25, 0.3) is 11.5 Å². The first-order valence-corrected chi connectivity index (χ1v) is 10.9. The van der Waals surface area contributed by atoms with Crippen molar-refractivity contribution in [3.8, 4) is 0 Å². The maximum absolute atomic E-state index is 15.6. The first-order chi connectivity index (χ1) is 16.2. The van der Waals surface area contributed by atoms with Gasteiger partial charge in [0.15, 0.2) is 12.1 Å². The number of fused-ring (bicyclic) bond motifs is 1. The number of hydrogen-bond donors (Lipinski definition) is 3. The van der Waals surface area contributed by atoms with Gasteiger partial charge in [0.2, 0.25) is 0 Å². The molecule has 1 aromatic heterocycles. The van der Waals surface area contributed by atoms with Crippen LogP contribution in [0.5, 0.6) is 0 Å². The van der Waals surface area contributed by atoms with E-state index < -0.39 is 65.9 Å². The molecule has 1 saturated carbocycles. The van der Waals surface area contributed by atoms with Crippen molar-refractivity contribution < 1.29 is 35.5 Å². The average Bonchev–Trinajstić information content (AvgIpc) is 3.43. The molecule has 2 aliphatic carbocycles. The SMILES string of the molecule is COC1=c2c(c(=O)[nH]c(=O)n2C2CC2)=C(N)C(F)C1N1CCC(C(N)C(C(F)(F)F)C(F)(F)F)C1. The number of methoxy groups -OCH3 is 1. The van der Waals surface area contributed by atoms with Gasteiger partial charge in [-0.25, -0.2) is 9.18 Å². The summed E-state index contributed by atoms with van der Waals surface area (Å²) in [6.45, 7) is -0.501. The van der Waals surface area contributed by atoms with Crippen LogP contribution in [0, 0.1) is 11.8 Å². The lowest BCUT2D eigenvalue weighted by molar-refractivity contribution is -0.292. The molecule has 2 heterocycles. The van der Waals surface area contributed by atoms with Gasteiger partial charge in [-0.05, 0) is 31.7 Å². The highest BCUT2D eigenvalue weighted by Gasteiger charge is 2.61. The second kappa shape index (κ2) is 8.54. The summed E-state index contributed by atoms with van der Waals surface area (Å²) in [7, 11) is 1.17. The number of nitrogens with two attached hydrogens (primary N) is 2. The molecule has 0 amide bonds. The fourth-order valence-electron chi connectivity index (χ4n) is 5.17. The number of nitrogens with zero attached hydrogens (tertiary/aromatic N) is 2. The zero-order valence-corrected chi connectivity index (χ0v) is 18.4. The van der Waals surface area contributed by atoms with Gasteiger partial charge < -0.3 is 16.2 Å². The smallest absolute Gasteiger partial charge is 0.402 e. The number of hydrogen-bond acceptors (Lipinski definition) is 6. The monoisotopic (exact) mass is 515 g/mol. The van der Waals surface area contributed by atoms with Crippen molar-refractivity contribution in [2.24, 2.45) is 23.3 Å². The van der Waals surface area contributed by atoms with Crippen molar-refractivity contribution in [3.05, 3.63) is 31.4 Å². The van der Waals surface area contributed by atoms with Crippen molar-refractivity contribution in [2.75, 3.05) is 20.2 Å². The molecule has 1 aliphatic heterocycles. The Kier molecular flexibility index (Phi) is 6.23. The number of likely N-dealkylation sites (tertiary alicyclic amines) is 1. The number of halogens is 7. The van der Waals surface area contributed by atoms with E-state index in [9.17, 15) is 35.9 Å². The van der Waals surface area contributed by atoms with Gasteiger partial charge in [-0.2, -0.15) is 26.3 Å². The van der Waals surface area contributed by atoms with Gasteiger partial charge in [0.05, 0.1) is 23.4 Å². The van der Waals surface area contributed by atoms with E-state index in [1.165, 1.54) is 16.6 Å². The van der Waals surface area contributed by atoms with Crippen LogP contribution < -0.4 is 33.3 Å². The summed E-state index contributed by atoms with van der Waals surface area (Å²) in [6, 6.07) is -3.97. The Morgan fingerprint density at radius 2 is 1.69 bits per heavy atom. The quantitative estimate of drug-likeness (QED) is 0.468. The zero-order valence-electron chi connectivity index (χ0n) is 18.4. The zero-order chi connectivity index (χ0) is 26.0. The van der Waals surface area contributed by atoms with Crippen molar-refractivity contribution in [3.63, 3.8) is 0 Å². The molecule has 8 nitrogen and oxygen atoms in total. The van der Waals surface area contributed by atoms with Crippen LogP contribution in [0.15, 0.2) is 9.59 Å². The van der Waals surface area contributed by atoms with Gasteiger partial charge in [0, 0.05) is 18.6 Å². The normalized spacial score (nSPS) is 26.9. The van der Waals surface area contributed by atoms with Crippen LogP contribution in [0.1, 0.15) is 25.3 Å². The molecule has 4 rings (SSSR count). The van der Waals surface area contributed by atoms with Crippen LogP contribution in [-0.2, 0) is 4.74 Å². The van der Waals surface area contributed by atoms with Gasteiger partial charge in [0.1, 0.15) is 11.8 Å². The van der Waals surface area contributed by atoms with Gasteiger partial charge in [-0.1, -0.05) is 0 Å². The maximum Gasteiger partial charge on any atom is 0.402 e. The van der Waals surface area contributed by atoms with E-state index in [1.54, 1.807) is 0 Å². The van der Waals surface area contributed by atoms with E-state index in [2.05, 4.69) is 4.98 Å². The fraction of sp³-hybridized carbons (Fsp3) is 0.700. The van der Waals surface area contributed by atoms with Crippen molar-refractivity contribution >= 4 is 11.5 Å². The Hall–Kier alpha value is -2.55. The van der Waals surface area contributed by atoms with Crippen LogP contribution in [0.3, 0.4) is 0 Å². The number of ether oxygens (including phenoxy) is 1. The molecule has 0 bridgehead atoms. The molecular weight excluding hydrogens is 491 g/mol. The van der Waals surface area contributed by atoms with E-state index in [-0.39, 0.29) is 35.3 Å². The second-order valence-electron chi connectivity index (χ2n) is 9.14. The molecule has 1 aromatic rings. The van der Waals surface area contributed by atoms with Crippen LogP contribution in [0.2, 0.25) is 0 Å². The molecule has 2 fully saturated rings. The number of nitrogens with one attached hydrogen (secondary N) is 1. The number of rotatable bonds is 5. The molecule has 196 valence electrons. The summed E-state index contributed by atoms with van der Waals surface area (Å²) in [4.78, 5) is 28.4. The van der Waals surface area contributed by atoms with Crippen molar-refractivity contribution in [1.29, 1.82) is 0 Å². The highest BCUT2D eigenvalue weighted by molar-refractivity contribution is 5.60. The summed E-state index contributed by atoms with van der Waals surface area (Å²) >= 11 is 0. The molecule has 0 radical (unpaired) electrons. The van der Waals surface area contributed by atoms with E-state index in [0.29, 0.717) is 12.8 Å². The number of H-pyrrole nitrogens is 1. The van der Waals surface area contributed by atoms with Gasteiger partial charge in [-0.3, -0.25) is 19.2 Å². The predicted molar refractivity (Wildman–Crippen MR) is 109 cm³/mol. The lowest BCUT2D eigenvalue weighted by atomic mass is 9.87. The molecule has 15 heteroatoms. The standard InChI is InChI=1S/C20H24F7N5O3/c1-35-15-13-9(17(33)30-18(34)32(13)8-2-3-8)12(29)10(21)14(15)31-5-4-7(6-31)11(28)16(19(22,23)24)20(25,26)27/h7-8,10-11,14,16H,2-6,28-29H2,1H3,(H,30,33,34). The van der Waals surface area contributed by atoms with E-state index >= 15 is 4.39 Å². The number of aromatic amines is 1. The molecule has 1 saturated heterocycles. The van der Waals surface area contributed by atoms with Crippen LogP contribution in [0.4, 0.5) is 30.7 Å². The summed E-state index contributed by atoms with van der Waals surface area (Å²) < 4.78 is 101. The molecule has 0 aromatic carbocycles. The third-order valence-electron chi connectivity index (χ3n) is 6.93. The third kappa shape index (κ3) is 4.32. The third-order valence-corrected chi connectivity index (χ3v) is 6.93. The lowest BCUT2D eigenvalue weighted by Gasteiger charge is -2.35. The predicted octanol–water partition coefficient (Wildman–Crippen LogP) is -0.197. The number of alkyl halides is 7. The minimum absolute atomic E-state index is 0.0311. The minimum atomic E-state index is -5.61. The lowest BCUT2D eigenvalue weighted by Crippen LogP contribution is -2.63. The summed E-state index contributed by atoms with van der Waals surface area (Å²) in [6.07, 6.45) is -12.2. The van der Waals surface area contributed by atoms with Crippen LogP contribution >= 0.6 is 0 Å². The molecular formula is C20H24F7N5O3. The van der Waals surface area contributed by atoms with E-state index in [1.807, 2.05) is 0 Å². The average molecular weight is 515 g/mol. The molecule has 0 spiro atoms. The Labute approximate surface area is 193 Å². The second-order valence-corrected chi connectivity index (χ2v) is 9.14. The van der Waals surface area contributed by atoms with Gasteiger partial charge in [0.25, 0.3) is 5.56 Å². The molecule has 35 heavy (non-hydrogen) atoms. The van der Waals surface area contributed by atoms with Crippen molar-refractivity contribution in [1.82, 2.24) is 14.5 Å². The van der Waals surface area contributed by atoms with Gasteiger partial charge >= 0.3 is 18.0 Å². The maximum atomic E-state index is 15.6. The van der Waals surface area contributed by atoms with Gasteiger partial charge in [-0.15, -0.1) is 0 Å². The molecule has 3 aliphatic rings. The Morgan fingerprint density at radius 3 is 2.20 bits per heavy atom.